The molecule has 1 aliphatic heterocycles. The van der Waals surface area contributed by atoms with Crippen molar-refractivity contribution in [2.75, 3.05) is 13.2 Å². The van der Waals surface area contributed by atoms with Gasteiger partial charge < -0.3 is 9.47 Å². The largest absolute Gasteiger partial charge is 0.349 e. The van der Waals surface area contributed by atoms with Gasteiger partial charge in [0.2, 0.25) is 0 Å². The highest BCUT2D eigenvalue weighted by molar-refractivity contribution is 5.29. The topological polar surface area (TPSA) is 18.5 Å². The van der Waals surface area contributed by atoms with Crippen molar-refractivity contribution in [2.45, 2.75) is 69.2 Å². The number of ether oxygens (including phenoxy) is 2. The normalized spacial score (nSPS) is 30.1. The van der Waals surface area contributed by atoms with Gasteiger partial charge in [-0.25, -0.2) is 13.2 Å². The average molecular weight is 409 g/mol. The third-order valence-corrected chi connectivity index (χ3v) is 6.22. The zero-order valence-corrected chi connectivity index (χ0v) is 17.0. The molecule has 0 unspecified atom stereocenters. The Balaban J connectivity index is 1.54. The van der Waals surface area contributed by atoms with Crippen molar-refractivity contribution in [3.8, 4) is 0 Å². The van der Waals surface area contributed by atoms with E-state index >= 15 is 0 Å². The summed E-state index contributed by atoms with van der Waals surface area (Å²) in [6.07, 6.45) is 8.08. The van der Waals surface area contributed by atoms with E-state index in [2.05, 4.69) is 13.2 Å². The highest BCUT2D eigenvalue weighted by Gasteiger charge is 2.40. The zero-order chi connectivity index (χ0) is 20.9. The Hall–Kier alpha value is -1.59. The molecular weight excluding hydrogens is 377 g/mol. The van der Waals surface area contributed by atoms with Gasteiger partial charge in [-0.2, -0.15) is 0 Å². The molecular formula is C24H31F3O2. The summed E-state index contributed by atoms with van der Waals surface area (Å²) in [4.78, 5) is 0. The smallest absolute Gasteiger partial charge is 0.162 e. The van der Waals surface area contributed by atoms with Gasteiger partial charge in [-0.3, -0.25) is 0 Å². The van der Waals surface area contributed by atoms with Crippen molar-refractivity contribution in [1.82, 2.24) is 0 Å². The van der Waals surface area contributed by atoms with Crippen LogP contribution in [0.25, 0.3) is 0 Å². The van der Waals surface area contributed by atoms with E-state index in [0.717, 1.165) is 25.7 Å². The van der Waals surface area contributed by atoms with Gasteiger partial charge in [0.05, 0.1) is 13.2 Å². The van der Waals surface area contributed by atoms with Crippen LogP contribution in [0.4, 0.5) is 13.2 Å². The van der Waals surface area contributed by atoms with Gasteiger partial charge >= 0.3 is 0 Å². The minimum Gasteiger partial charge on any atom is -0.349 e. The highest BCUT2D eigenvalue weighted by atomic mass is 19.2. The zero-order valence-electron chi connectivity index (χ0n) is 17.0. The van der Waals surface area contributed by atoms with Crippen LogP contribution in [0.1, 0.15) is 62.0 Å². The first-order valence-electron chi connectivity index (χ1n) is 10.6. The number of rotatable bonds is 8. The summed E-state index contributed by atoms with van der Waals surface area (Å²) in [5.74, 6) is -1.30. The molecule has 2 nitrogen and oxygen atoms in total. The number of aryl methyl sites for hydroxylation is 1. The predicted octanol–water partition coefficient (Wildman–Crippen LogP) is 6.40. The molecule has 1 saturated heterocycles. The van der Waals surface area contributed by atoms with Crippen molar-refractivity contribution in [2.24, 2.45) is 5.92 Å². The van der Waals surface area contributed by atoms with E-state index in [1.165, 1.54) is 0 Å². The average Bonchev–Trinajstić information content (AvgIpc) is 2.74. The first kappa shape index (κ1) is 22.1. The molecule has 2 fully saturated rings. The van der Waals surface area contributed by atoms with E-state index in [4.69, 9.17) is 9.47 Å². The summed E-state index contributed by atoms with van der Waals surface area (Å²) < 4.78 is 55.0. The third-order valence-electron chi connectivity index (χ3n) is 6.22. The molecule has 29 heavy (non-hydrogen) atoms. The van der Waals surface area contributed by atoms with Gasteiger partial charge in [0.1, 0.15) is 0 Å². The minimum atomic E-state index is -1.45. The quantitative estimate of drug-likeness (QED) is 0.463. The van der Waals surface area contributed by atoms with E-state index in [1.54, 1.807) is 24.3 Å². The van der Waals surface area contributed by atoms with Crippen LogP contribution in [0.3, 0.4) is 0 Å². The second-order valence-electron chi connectivity index (χ2n) is 8.35. The van der Waals surface area contributed by atoms with Crippen LogP contribution < -0.4 is 0 Å². The van der Waals surface area contributed by atoms with Gasteiger partial charge in [-0.1, -0.05) is 24.3 Å². The van der Waals surface area contributed by atoms with E-state index in [1.807, 2.05) is 0 Å². The maximum Gasteiger partial charge on any atom is 0.162 e. The fourth-order valence-corrected chi connectivity index (χ4v) is 4.40. The molecule has 0 atom stereocenters. The minimum absolute atomic E-state index is 0.00866. The molecule has 0 bridgehead atoms. The van der Waals surface area contributed by atoms with Crippen LogP contribution in [0, 0.1) is 17.6 Å². The summed E-state index contributed by atoms with van der Waals surface area (Å²) in [6.45, 7) is 7.33. The number of hydrogen-bond acceptors (Lipinski definition) is 2. The molecule has 0 aromatic heterocycles. The molecule has 1 aromatic carbocycles. The van der Waals surface area contributed by atoms with Crippen LogP contribution in [0.15, 0.2) is 37.4 Å². The van der Waals surface area contributed by atoms with Crippen molar-refractivity contribution < 1.29 is 22.6 Å². The van der Waals surface area contributed by atoms with Crippen molar-refractivity contribution in [3.05, 3.63) is 60.2 Å². The molecule has 0 radical (unpaired) electrons. The van der Waals surface area contributed by atoms with Crippen LogP contribution in [0.2, 0.25) is 0 Å². The molecule has 1 heterocycles. The fraction of sp³-hybridized carbons (Fsp3) is 0.583. The van der Waals surface area contributed by atoms with Gasteiger partial charge in [0.15, 0.2) is 23.6 Å². The summed E-state index contributed by atoms with van der Waals surface area (Å²) in [7, 11) is 0. The monoisotopic (exact) mass is 408 g/mol. The van der Waals surface area contributed by atoms with Crippen LogP contribution in [0.5, 0.6) is 0 Å². The van der Waals surface area contributed by atoms with E-state index in [9.17, 15) is 13.2 Å². The van der Waals surface area contributed by atoms with Gasteiger partial charge in [0, 0.05) is 5.92 Å². The molecule has 1 aliphatic carbocycles. The number of hydrogen-bond donors (Lipinski definition) is 0. The Morgan fingerprint density at radius 3 is 2.24 bits per heavy atom. The lowest BCUT2D eigenvalue weighted by Crippen LogP contribution is -2.46. The molecule has 0 spiro atoms. The molecule has 160 valence electrons. The van der Waals surface area contributed by atoms with E-state index in [-0.39, 0.29) is 25.0 Å². The van der Waals surface area contributed by atoms with Crippen molar-refractivity contribution >= 4 is 0 Å². The molecule has 0 amide bonds. The maximum absolute atomic E-state index is 14.6. The number of benzene rings is 1. The van der Waals surface area contributed by atoms with Gasteiger partial charge in [-0.15, -0.1) is 13.2 Å². The second kappa shape index (κ2) is 9.94. The molecule has 0 N–H and O–H groups in total. The number of halogens is 3. The summed E-state index contributed by atoms with van der Waals surface area (Å²) >= 11 is 0. The lowest BCUT2D eigenvalue weighted by atomic mass is 9.78. The van der Waals surface area contributed by atoms with E-state index in [0.29, 0.717) is 36.8 Å². The second-order valence-corrected chi connectivity index (χ2v) is 8.35. The fourth-order valence-electron chi connectivity index (χ4n) is 4.40. The lowest BCUT2D eigenvalue weighted by Gasteiger charge is -2.40. The van der Waals surface area contributed by atoms with Gasteiger partial charge in [0.25, 0.3) is 0 Å². The number of allylic oxidation sites excluding steroid dienone is 2. The van der Waals surface area contributed by atoms with Crippen LogP contribution >= 0.6 is 0 Å². The Kier molecular flexibility index (Phi) is 7.58. The Morgan fingerprint density at radius 1 is 0.966 bits per heavy atom. The Labute approximate surface area is 171 Å². The van der Waals surface area contributed by atoms with E-state index < -0.39 is 23.6 Å². The number of alkyl halides is 1. The first-order valence-corrected chi connectivity index (χ1v) is 10.6. The molecule has 2 aliphatic rings. The standard InChI is InChI=1S/C24H31F3O2/c1-3-5-7-18-12-13-20(22(26)21(18)25)17-8-10-19(11-9-17)23-28-15-24(27,16-29-23)14-6-4-2/h3-4,12-13,17,19,23H,1-2,5-11,14-16H2. The highest BCUT2D eigenvalue weighted by Crippen LogP contribution is 2.41. The Morgan fingerprint density at radius 2 is 1.62 bits per heavy atom. The molecule has 3 rings (SSSR count). The van der Waals surface area contributed by atoms with Crippen LogP contribution in [-0.4, -0.2) is 25.2 Å². The molecule has 1 aromatic rings. The van der Waals surface area contributed by atoms with Crippen LogP contribution in [-0.2, 0) is 15.9 Å². The van der Waals surface area contributed by atoms with Gasteiger partial charge in [-0.05, 0) is 68.4 Å². The van der Waals surface area contributed by atoms with Crippen molar-refractivity contribution in [1.29, 1.82) is 0 Å². The molecule has 1 saturated carbocycles. The maximum atomic E-state index is 14.6. The SMILES string of the molecule is C=CCCc1ccc(C2CCC(C3OCC(F)(CCC=C)CO3)CC2)c(F)c1F. The van der Waals surface area contributed by atoms with Crippen molar-refractivity contribution in [3.63, 3.8) is 0 Å². The lowest BCUT2D eigenvalue weighted by molar-refractivity contribution is -0.257. The Bertz CT molecular complexity index is 702. The first-order chi connectivity index (χ1) is 14.0. The third kappa shape index (κ3) is 5.32. The molecule has 5 heteroatoms. The summed E-state index contributed by atoms with van der Waals surface area (Å²) in [5.41, 5.74) is -0.591. The predicted molar refractivity (Wildman–Crippen MR) is 109 cm³/mol. The summed E-state index contributed by atoms with van der Waals surface area (Å²) in [6, 6.07) is 3.42. The summed E-state index contributed by atoms with van der Waals surface area (Å²) in [5, 5.41) is 0.